The van der Waals surface area contributed by atoms with Crippen LogP contribution in [0.5, 0.6) is 0 Å². The highest BCUT2D eigenvalue weighted by Gasteiger charge is 2.11. The standard InChI is InChI=1S/C24H21N3O2/c1-17-10-13-19(14-11-17)23-26-27-24(29-23)20-8-5-9-21(16-20)25-22(28)15-12-18-6-3-2-4-7-18/h2-11,13-14,16H,12,15H2,1H3,(H,25,28). The largest absolute Gasteiger partial charge is 0.416 e. The summed E-state index contributed by atoms with van der Waals surface area (Å²) in [6, 6.07) is 25.3. The van der Waals surface area contributed by atoms with Crippen molar-refractivity contribution in [2.24, 2.45) is 0 Å². The van der Waals surface area contributed by atoms with Crippen molar-refractivity contribution in [1.82, 2.24) is 10.2 Å². The van der Waals surface area contributed by atoms with Gasteiger partial charge < -0.3 is 9.73 Å². The lowest BCUT2D eigenvalue weighted by molar-refractivity contribution is -0.116. The molecule has 29 heavy (non-hydrogen) atoms. The Hall–Kier alpha value is -3.73. The van der Waals surface area contributed by atoms with Crippen molar-refractivity contribution in [3.63, 3.8) is 0 Å². The maximum absolute atomic E-state index is 12.3. The summed E-state index contributed by atoms with van der Waals surface area (Å²) < 4.78 is 5.83. The van der Waals surface area contributed by atoms with Crippen LogP contribution in [0.3, 0.4) is 0 Å². The van der Waals surface area contributed by atoms with Crippen molar-refractivity contribution in [3.8, 4) is 22.9 Å². The Bertz CT molecular complexity index is 1100. The second-order valence-corrected chi connectivity index (χ2v) is 6.89. The molecular weight excluding hydrogens is 362 g/mol. The second-order valence-electron chi connectivity index (χ2n) is 6.89. The van der Waals surface area contributed by atoms with Crippen molar-refractivity contribution >= 4 is 11.6 Å². The van der Waals surface area contributed by atoms with Crippen LogP contribution in [-0.2, 0) is 11.2 Å². The summed E-state index contributed by atoms with van der Waals surface area (Å²) in [6.45, 7) is 2.03. The van der Waals surface area contributed by atoms with Crippen molar-refractivity contribution in [1.29, 1.82) is 0 Å². The molecule has 0 aliphatic rings. The van der Waals surface area contributed by atoms with Crippen LogP contribution in [-0.4, -0.2) is 16.1 Å². The van der Waals surface area contributed by atoms with Crippen LogP contribution in [0.2, 0.25) is 0 Å². The van der Waals surface area contributed by atoms with Gasteiger partial charge in [0.2, 0.25) is 17.7 Å². The minimum absolute atomic E-state index is 0.0307. The number of nitrogens with zero attached hydrogens (tertiary/aromatic N) is 2. The van der Waals surface area contributed by atoms with Gasteiger partial charge in [0, 0.05) is 23.2 Å². The molecule has 0 saturated carbocycles. The number of amides is 1. The Labute approximate surface area is 169 Å². The van der Waals surface area contributed by atoms with Crippen molar-refractivity contribution in [2.45, 2.75) is 19.8 Å². The molecule has 3 aromatic carbocycles. The SMILES string of the molecule is Cc1ccc(-c2nnc(-c3cccc(NC(=O)CCc4ccccc4)c3)o2)cc1. The van der Waals surface area contributed by atoms with Gasteiger partial charge in [0.15, 0.2) is 0 Å². The minimum atomic E-state index is -0.0307. The van der Waals surface area contributed by atoms with Crippen LogP contribution in [0.1, 0.15) is 17.5 Å². The first-order valence-corrected chi connectivity index (χ1v) is 9.52. The number of aryl methyl sites for hydroxylation is 2. The number of carbonyl (C=O) groups is 1. The monoisotopic (exact) mass is 383 g/mol. The Morgan fingerprint density at radius 2 is 1.59 bits per heavy atom. The molecule has 0 spiro atoms. The third kappa shape index (κ3) is 4.76. The highest BCUT2D eigenvalue weighted by molar-refractivity contribution is 5.91. The van der Waals surface area contributed by atoms with Crippen LogP contribution in [0.15, 0.2) is 83.3 Å². The summed E-state index contributed by atoms with van der Waals surface area (Å²) in [5.41, 5.74) is 4.65. The predicted octanol–water partition coefficient (Wildman–Crippen LogP) is 5.28. The minimum Gasteiger partial charge on any atom is -0.416 e. The number of carbonyl (C=O) groups excluding carboxylic acids is 1. The number of nitrogens with one attached hydrogen (secondary N) is 1. The highest BCUT2D eigenvalue weighted by Crippen LogP contribution is 2.26. The van der Waals surface area contributed by atoms with Gasteiger partial charge in [-0.1, -0.05) is 54.1 Å². The zero-order valence-corrected chi connectivity index (χ0v) is 16.1. The van der Waals surface area contributed by atoms with Gasteiger partial charge in [-0.15, -0.1) is 10.2 Å². The molecule has 0 saturated heterocycles. The first kappa shape index (κ1) is 18.6. The molecule has 144 valence electrons. The molecule has 0 aliphatic heterocycles. The number of benzene rings is 3. The fraction of sp³-hybridized carbons (Fsp3) is 0.125. The van der Waals surface area contributed by atoms with E-state index < -0.39 is 0 Å². The molecule has 0 atom stereocenters. The molecule has 1 aromatic heterocycles. The first-order chi connectivity index (χ1) is 14.2. The van der Waals surface area contributed by atoms with Gasteiger partial charge in [-0.2, -0.15) is 0 Å². The van der Waals surface area contributed by atoms with Crippen LogP contribution < -0.4 is 5.32 Å². The van der Waals surface area contributed by atoms with E-state index in [1.807, 2.05) is 85.8 Å². The molecule has 4 rings (SSSR count). The Morgan fingerprint density at radius 1 is 0.862 bits per heavy atom. The molecule has 5 nitrogen and oxygen atoms in total. The molecule has 0 fully saturated rings. The molecule has 1 amide bonds. The van der Waals surface area contributed by atoms with Gasteiger partial charge >= 0.3 is 0 Å². The fourth-order valence-corrected chi connectivity index (χ4v) is 3.01. The maximum Gasteiger partial charge on any atom is 0.248 e. The predicted molar refractivity (Wildman–Crippen MR) is 113 cm³/mol. The normalized spacial score (nSPS) is 10.7. The van der Waals surface area contributed by atoms with Gasteiger partial charge in [-0.3, -0.25) is 4.79 Å². The Morgan fingerprint density at radius 3 is 2.34 bits per heavy atom. The average Bonchev–Trinajstić information content (AvgIpc) is 3.24. The van der Waals surface area contributed by atoms with Crippen LogP contribution >= 0.6 is 0 Å². The first-order valence-electron chi connectivity index (χ1n) is 9.52. The molecule has 0 radical (unpaired) electrons. The number of hydrogen-bond acceptors (Lipinski definition) is 4. The highest BCUT2D eigenvalue weighted by atomic mass is 16.4. The van der Waals surface area contributed by atoms with Crippen molar-refractivity contribution in [3.05, 3.63) is 90.0 Å². The van der Waals surface area contributed by atoms with Crippen LogP contribution in [0, 0.1) is 6.92 Å². The van der Waals surface area contributed by atoms with Crippen LogP contribution in [0.25, 0.3) is 22.9 Å². The number of aromatic nitrogens is 2. The van der Waals surface area contributed by atoms with E-state index in [0.29, 0.717) is 30.3 Å². The van der Waals surface area contributed by atoms with Gasteiger partial charge in [-0.25, -0.2) is 0 Å². The maximum atomic E-state index is 12.3. The number of hydrogen-bond donors (Lipinski definition) is 1. The smallest absolute Gasteiger partial charge is 0.248 e. The van der Waals surface area contributed by atoms with E-state index in [0.717, 1.165) is 16.7 Å². The molecule has 1 N–H and O–H groups in total. The third-order valence-corrected chi connectivity index (χ3v) is 4.60. The van der Waals surface area contributed by atoms with E-state index in [-0.39, 0.29) is 5.91 Å². The van der Waals surface area contributed by atoms with E-state index in [9.17, 15) is 4.79 Å². The molecule has 0 unspecified atom stereocenters. The van der Waals surface area contributed by atoms with Gasteiger partial charge in [0.1, 0.15) is 0 Å². The lowest BCUT2D eigenvalue weighted by Gasteiger charge is -2.06. The Kier molecular flexibility index (Phi) is 5.47. The van der Waals surface area contributed by atoms with Gasteiger partial charge in [-0.05, 0) is 49.2 Å². The number of rotatable bonds is 6. The average molecular weight is 383 g/mol. The molecule has 1 heterocycles. The summed E-state index contributed by atoms with van der Waals surface area (Å²) in [6.07, 6.45) is 1.13. The van der Waals surface area contributed by atoms with Crippen molar-refractivity contribution < 1.29 is 9.21 Å². The zero-order chi connectivity index (χ0) is 20.1. The number of anilines is 1. The third-order valence-electron chi connectivity index (χ3n) is 4.60. The topological polar surface area (TPSA) is 68.0 Å². The van der Waals surface area contributed by atoms with E-state index in [4.69, 9.17) is 4.42 Å². The van der Waals surface area contributed by atoms with E-state index >= 15 is 0 Å². The van der Waals surface area contributed by atoms with E-state index in [1.54, 1.807) is 0 Å². The van der Waals surface area contributed by atoms with Gasteiger partial charge in [0.05, 0.1) is 0 Å². The van der Waals surface area contributed by atoms with E-state index in [2.05, 4.69) is 15.5 Å². The lowest BCUT2D eigenvalue weighted by atomic mass is 10.1. The fourth-order valence-electron chi connectivity index (χ4n) is 3.01. The summed E-state index contributed by atoms with van der Waals surface area (Å²) in [4.78, 5) is 12.3. The van der Waals surface area contributed by atoms with Crippen molar-refractivity contribution in [2.75, 3.05) is 5.32 Å². The summed E-state index contributed by atoms with van der Waals surface area (Å²) in [7, 11) is 0. The van der Waals surface area contributed by atoms with Gasteiger partial charge in [0.25, 0.3) is 0 Å². The molecule has 0 bridgehead atoms. The summed E-state index contributed by atoms with van der Waals surface area (Å²) >= 11 is 0. The van der Waals surface area contributed by atoms with E-state index in [1.165, 1.54) is 5.56 Å². The molecular formula is C24H21N3O2. The molecule has 4 aromatic rings. The molecule has 5 heteroatoms. The lowest BCUT2D eigenvalue weighted by Crippen LogP contribution is -2.12. The summed E-state index contributed by atoms with van der Waals surface area (Å²) in [5.74, 6) is 0.857. The quantitative estimate of drug-likeness (QED) is 0.492. The Balaban J connectivity index is 1.43. The zero-order valence-electron chi connectivity index (χ0n) is 16.1. The second kappa shape index (κ2) is 8.52. The molecule has 0 aliphatic carbocycles. The summed E-state index contributed by atoms with van der Waals surface area (Å²) in [5, 5.41) is 11.2. The van der Waals surface area contributed by atoms with Crippen LogP contribution in [0.4, 0.5) is 5.69 Å².